The second-order valence-corrected chi connectivity index (χ2v) is 15.7. The molecule has 0 bridgehead atoms. The van der Waals surface area contributed by atoms with Crippen molar-refractivity contribution >= 4 is 39.1 Å². The van der Waals surface area contributed by atoms with Crippen LogP contribution in [0.2, 0.25) is 0 Å². The number of carbonyl (C=O) groups is 2. The smallest absolute Gasteiger partial charge is 0.340 e. The third-order valence-corrected chi connectivity index (χ3v) is 11.4. The second kappa shape index (κ2) is 20.4. The highest BCUT2D eigenvalue weighted by molar-refractivity contribution is 8.00. The summed E-state index contributed by atoms with van der Waals surface area (Å²) in [5, 5.41) is 3.76. The minimum atomic E-state index is -4.37. The molecule has 284 valence electrons. The Bertz CT molecular complexity index is 2240. The van der Waals surface area contributed by atoms with Crippen molar-refractivity contribution in [1.82, 2.24) is 0 Å². The quantitative estimate of drug-likeness (QED) is 0.0181. The monoisotopic (exact) mass is 775 g/mol. The van der Waals surface area contributed by atoms with Crippen molar-refractivity contribution in [3.8, 4) is 22.6 Å². The van der Waals surface area contributed by atoms with Gasteiger partial charge in [0, 0.05) is 43.5 Å². The van der Waals surface area contributed by atoms with Crippen LogP contribution in [0.3, 0.4) is 0 Å². The van der Waals surface area contributed by atoms with Gasteiger partial charge in [-0.1, -0.05) is 130 Å². The number of azide groups is 1. The van der Waals surface area contributed by atoms with Crippen LogP contribution >= 0.6 is 11.8 Å². The van der Waals surface area contributed by atoms with Gasteiger partial charge in [0.2, 0.25) is 0 Å². The van der Waals surface area contributed by atoms with E-state index in [4.69, 9.17) is 8.92 Å². The number of nitrogens with zero attached hydrogens (tertiary/aromatic N) is 3. The zero-order chi connectivity index (χ0) is 39.0. The Morgan fingerprint density at radius 3 is 2.18 bits per heavy atom. The van der Waals surface area contributed by atoms with Gasteiger partial charge in [-0.25, -0.2) is 0 Å². The third kappa shape index (κ3) is 11.3. The largest absolute Gasteiger partial charge is 0.494 e. The molecule has 0 aliphatic heterocycles. The van der Waals surface area contributed by atoms with Gasteiger partial charge < -0.3 is 8.92 Å². The summed E-state index contributed by atoms with van der Waals surface area (Å²) in [6.45, 7) is 4.87. The fraction of sp³-hybridized carbons (Fsp3) is 0.273. The summed E-state index contributed by atoms with van der Waals surface area (Å²) in [7, 11) is -4.37. The number of benzene rings is 5. The van der Waals surface area contributed by atoms with Crippen molar-refractivity contribution in [2.24, 2.45) is 5.11 Å². The number of hydrogen-bond acceptors (Lipinski definition) is 8. The van der Waals surface area contributed by atoms with Crippen LogP contribution in [0.1, 0.15) is 97.9 Å². The SMILES string of the molecule is CCCCCCCCC(=O)c1ccc(N=[N+]=[N-])c(C(=O)c2ccccc2-c2ccc(Sc3ccc(OCCCC)cc3)c(S(=O)(=O)Oc3ccccc3)c2)c1. The molecule has 5 aromatic carbocycles. The molecule has 5 rings (SSSR count). The summed E-state index contributed by atoms with van der Waals surface area (Å²) >= 11 is 1.26. The lowest BCUT2D eigenvalue weighted by Gasteiger charge is -2.15. The molecule has 0 fully saturated rings. The number of para-hydroxylation sites is 1. The Hall–Kier alpha value is -5.35. The van der Waals surface area contributed by atoms with Gasteiger partial charge in [0.05, 0.1) is 6.61 Å². The van der Waals surface area contributed by atoms with E-state index in [0.29, 0.717) is 34.6 Å². The Morgan fingerprint density at radius 1 is 0.727 bits per heavy atom. The summed E-state index contributed by atoms with van der Waals surface area (Å²) < 4.78 is 39.4. The van der Waals surface area contributed by atoms with E-state index in [9.17, 15) is 23.5 Å². The van der Waals surface area contributed by atoms with Crippen LogP contribution in [-0.2, 0) is 10.1 Å². The summed E-state index contributed by atoms with van der Waals surface area (Å²) in [4.78, 5) is 31.6. The molecule has 9 nitrogen and oxygen atoms in total. The van der Waals surface area contributed by atoms with Crippen molar-refractivity contribution in [2.45, 2.75) is 86.3 Å². The van der Waals surface area contributed by atoms with Gasteiger partial charge in [-0.05, 0) is 84.1 Å². The minimum absolute atomic E-state index is 0.0774. The first-order chi connectivity index (χ1) is 26.7. The van der Waals surface area contributed by atoms with Gasteiger partial charge in [0.15, 0.2) is 11.6 Å². The average Bonchev–Trinajstić information content (AvgIpc) is 3.20. The number of rotatable bonds is 21. The molecule has 0 aromatic heterocycles. The van der Waals surface area contributed by atoms with E-state index in [0.717, 1.165) is 55.6 Å². The fourth-order valence-corrected chi connectivity index (χ4v) is 8.28. The van der Waals surface area contributed by atoms with E-state index in [-0.39, 0.29) is 33.2 Å². The molecule has 0 unspecified atom stereocenters. The highest BCUT2D eigenvalue weighted by Crippen LogP contribution is 2.39. The van der Waals surface area contributed by atoms with Crippen LogP contribution in [0.25, 0.3) is 21.6 Å². The van der Waals surface area contributed by atoms with Crippen molar-refractivity contribution in [3.63, 3.8) is 0 Å². The molecule has 55 heavy (non-hydrogen) atoms. The number of unbranched alkanes of at least 4 members (excludes halogenated alkanes) is 6. The molecule has 0 amide bonds. The first-order valence-electron chi connectivity index (χ1n) is 18.6. The molecule has 0 spiro atoms. The molecule has 5 aromatic rings. The van der Waals surface area contributed by atoms with Crippen LogP contribution in [-0.4, -0.2) is 26.6 Å². The molecule has 0 atom stereocenters. The number of ketones is 2. The Labute approximate surface area is 327 Å². The molecular formula is C44H45N3O6S2. The standard InChI is InChI=1S/C44H45N3O6S2/c1-3-5-7-8-9-13-20-41(48)33-21-27-40(46-47-45)39(30-33)44(49)38-19-15-14-18-37(38)32-22-28-42(54-36-25-23-34(24-26-36)52-29-6-4-2)43(31-32)55(50,51)53-35-16-11-10-12-17-35/h10-12,14-19,21-28,30-31H,3-9,13,20,29H2,1-2H3. The maximum Gasteiger partial charge on any atom is 0.340 e. The van der Waals surface area contributed by atoms with Gasteiger partial charge >= 0.3 is 10.1 Å². The van der Waals surface area contributed by atoms with Crippen molar-refractivity contribution in [2.75, 3.05) is 6.61 Å². The van der Waals surface area contributed by atoms with Crippen LogP contribution < -0.4 is 8.92 Å². The van der Waals surface area contributed by atoms with E-state index < -0.39 is 15.9 Å². The van der Waals surface area contributed by atoms with Crippen LogP contribution in [0, 0.1) is 0 Å². The first kappa shape index (κ1) is 40.8. The summed E-state index contributed by atoms with van der Waals surface area (Å²) in [5.74, 6) is 0.317. The number of Topliss-reactive ketones (excluding diaryl/α,β-unsaturated/α-hetero) is 1. The van der Waals surface area contributed by atoms with Crippen LogP contribution in [0.5, 0.6) is 11.5 Å². The highest BCUT2D eigenvalue weighted by atomic mass is 32.2. The third-order valence-electron chi connectivity index (χ3n) is 8.94. The zero-order valence-electron chi connectivity index (χ0n) is 31.1. The molecule has 0 N–H and O–H groups in total. The van der Waals surface area contributed by atoms with Gasteiger partial charge in [0.25, 0.3) is 0 Å². The van der Waals surface area contributed by atoms with E-state index in [1.54, 1.807) is 72.8 Å². The summed E-state index contributed by atoms with van der Waals surface area (Å²) in [5.41, 5.74) is 11.0. The predicted molar refractivity (Wildman–Crippen MR) is 218 cm³/mol. The maximum absolute atomic E-state index is 14.4. The molecule has 11 heteroatoms. The van der Waals surface area contributed by atoms with Crippen molar-refractivity contribution < 1.29 is 26.9 Å². The van der Waals surface area contributed by atoms with Crippen LogP contribution in [0.15, 0.2) is 135 Å². The lowest BCUT2D eigenvalue weighted by atomic mass is 9.92. The second-order valence-electron chi connectivity index (χ2n) is 13.0. The predicted octanol–water partition coefficient (Wildman–Crippen LogP) is 12.6. The highest BCUT2D eigenvalue weighted by Gasteiger charge is 2.25. The molecule has 0 aliphatic rings. The van der Waals surface area contributed by atoms with Crippen molar-refractivity contribution in [1.29, 1.82) is 0 Å². The topological polar surface area (TPSA) is 136 Å². The number of carbonyl (C=O) groups excluding carboxylic acids is 2. The van der Waals surface area contributed by atoms with Gasteiger partial charge in [0.1, 0.15) is 16.4 Å². The Morgan fingerprint density at radius 2 is 1.44 bits per heavy atom. The number of ether oxygens (including phenoxy) is 1. The van der Waals surface area contributed by atoms with E-state index in [2.05, 4.69) is 23.9 Å². The molecule has 0 saturated heterocycles. The maximum atomic E-state index is 14.4. The molecule has 0 heterocycles. The number of hydrogen-bond donors (Lipinski definition) is 0. The minimum Gasteiger partial charge on any atom is -0.494 e. The molecular weight excluding hydrogens is 731 g/mol. The van der Waals surface area contributed by atoms with Gasteiger partial charge in [-0.15, -0.1) is 0 Å². The molecule has 0 saturated carbocycles. The fourth-order valence-electron chi connectivity index (χ4n) is 5.98. The van der Waals surface area contributed by atoms with E-state index in [1.165, 1.54) is 36.4 Å². The van der Waals surface area contributed by atoms with Crippen molar-refractivity contribution in [3.05, 3.63) is 142 Å². The molecule has 0 aliphatic carbocycles. The van der Waals surface area contributed by atoms with Crippen LogP contribution in [0.4, 0.5) is 5.69 Å². The lowest BCUT2D eigenvalue weighted by Crippen LogP contribution is -2.11. The summed E-state index contributed by atoms with van der Waals surface area (Å²) in [6, 6.07) is 32.0. The Balaban J connectivity index is 1.50. The van der Waals surface area contributed by atoms with E-state index >= 15 is 0 Å². The lowest BCUT2D eigenvalue weighted by molar-refractivity contribution is 0.0979. The Kier molecular flexibility index (Phi) is 15.1. The zero-order valence-corrected chi connectivity index (χ0v) is 32.8. The van der Waals surface area contributed by atoms with E-state index in [1.807, 2.05) is 24.3 Å². The normalized spacial score (nSPS) is 11.1. The van der Waals surface area contributed by atoms with Gasteiger partial charge in [-0.3, -0.25) is 9.59 Å². The first-order valence-corrected chi connectivity index (χ1v) is 20.9. The summed E-state index contributed by atoms with van der Waals surface area (Å²) in [6.07, 6.45) is 8.55. The molecule has 0 radical (unpaired) electrons. The average molecular weight is 776 g/mol. The van der Waals surface area contributed by atoms with Gasteiger partial charge in [-0.2, -0.15) is 8.42 Å².